The molecule has 0 radical (unpaired) electrons. The van der Waals surface area contributed by atoms with Crippen LogP contribution < -0.4 is 10.6 Å². The van der Waals surface area contributed by atoms with Gasteiger partial charge in [0.2, 0.25) is 0 Å². The molecule has 0 bridgehead atoms. The zero-order chi connectivity index (χ0) is 10.6. The molecule has 1 aromatic carbocycles. The van der Waals surface area contributed by atoms with Gasteiger partial charge in [-0.25, -0.2) is 0 Å². The van der Waals surface area contributed by atoms with Crippen molar-refractivity contribution in [2.45, 2.75) is 25.8 Å². The Morgan fingerprint density at radius 3 is 2.29 bits per heavy atom. The summed E-state index contributed by atoms with van der Waals surface area (Å²) in [5.74, 6) is 0. The quantitative estimate of drug-likeness (QED) is 0.792. The first-order chi connectivity index (χ1) is 6.49. The van der Waals surface area contributed by atoms with E-state index in [0.717, 1.165) is 13.0 Å². The first-order valence-electron chi connectivity index (χ1n) is 5.04. The summed E-state index contributed by atoms with van der Waals surface area (Å²) < 4.78 is 0. The maximum Gasteiger partial charge on any atom is 0.0363 e. The maximum absolute atomic E-state index is 5.94. The standard InChI is InChI=1S/C12H20N2/c1-12(2,13)9-10-14(3)11-7-5-4-6-8-11/h4-8H,9-10,13H2,1-3H3. The van der Waals surface area contributed by atoms with Crippen molar-refractivity contribution in [1.82, 2.24) is 0 Å². The Balaban J connectivity index is 2.48. The van der Waals surface area contributed by atoms with Crippen molar-refractivity contribution in [1.29, 1.82) is 0 Å². The third-order valence-electron chi connectivity index (χ3n) is 2.29. The fraction of sp³-hybridized carbons (Fsp3) is 0.500. The lowest BCUT2D eigenvalue weighted by atomic mass is 10.0. The SMILES string of the molecule is CN(CCC(C)(C)N)c1ccccc1. The van der Waals surface area contributed by atoms with E-state index in [-0.39, 0.29) is 5.54 Å². The second-order valence-corrected chi connectivity index (χ2v) is 4.50. The van der Waals surface area contributed by atoms with Crippen molar-refractivity contribution in [3.8, 4) is 0 Å². The number of anilines is 1. The molecule has 78 valence electrons. The molecule has 0 aliphatic carbocycles. The average molecular weight is 192 g/mol. The molecule has 2 nitrogen and oxygen atoms in total. The lowest BCUT2D eigenvalue weighted by molar-refractivity contribution is 0.479. The fourth-order valence-corrected chi connectivity index (χ4v) is 1.27. The second-order valence-electron chi connectivity index (χ2n) is 4.50. The molecule has 2 N–H and O–H groups in total. The molecule has 0 atom stereocenters. The number of benzene rings is 1. The van der Waals surface area contributed by atoms with Gasteiger partial charge in [-0.3, -0.25) is 0 Å². The minimum atomic E-state index is -0.0803. The van der Waals surface area contributed by atoms with Gasteiger partial charge in [0.1, 0.15) is 0 Å². The molecule has 0 amide bonds. The van der Waals surface area contributed by atoms with Gasteiger partial charge < -0.3 is 10.6 Å². The van der Waals surface area contributed by atoms with Gasteiger partial charge in [-0.2, -0.15) is 0 Å². The molecule has 0 aromatic heterocycles. The van der Waals surface area contributed by atoms with Crippen molar-refractivity contribution in [3.05, 3.63) is 30.3 Å². The molecule has 0 heterocycles. The Bertz CT molecular complexity index is 261. The summed E-state index contributed by atoms with van der Waals surface area (Å²) in [5.41, 5.74) is 7.10. The number of rotatable bonds is 4. The summed E-state index contributed by atoms with van der Waals surface area (Å²) in [6.07, 6.45) is 0.998. The summed E-state index contributed by atoms with van der Waals surface area (Å²) in [5, 5.41) is 0. The van der Waals surface area contributed by atoms with E-state index >= 15 is 0 Å². The Morgan fingerprint density at radius 2 is 1.79 bits per heavy atom. The molecule has 0 fully saturated rings. The summed E-state index contributed by atoms with van der Waals surface area (Å²) in [6, 6.07) is 10.4. The smallest absolute Gasteiger partial charge is 0.0363 e. The van der Waals surface area contributed by atoms with Crippen LogP contribution >= 0.6 is 0 Å². The average Bonchev–Trinajstić information content (AvgIpc) is 2.14. The van der Waals surface area contributed by atoms with Crippen molar-refractivity contribution >= 4 is 5.69 Å². The molecule has 14 heavy (non-hydrogen) atoms. The molecule has 0 aliphatic rings. The number of hydrogen-bond acceptors (Lipinski definition) is 2. The minimum Gasteiger partial charge on any atom is -0.375 e. The first-order valence-corrected chi connectivity index (χ1v) is 5.04. The van der Waals surface area contributed by atoms with Crippen LogP contribution in [0, 0.1) is 0 Å². The van der Waals surface area contributed by atoms with Gasteiger partial charge >= 0.3 is 0 Å². The van der Waals surface area contributed by atoms with Crippen LogP contribution in [0.4, 0.5) is 5.69 Å². The largest absolute Gasteiger partial charge is 0.375 e. The van der Waals surface area contributed by atoms with Crippen molar-refractivity contribution in [2.24, 2.45) is 5.73 Å². The summed E-state index contributed by atoms with van der Waals surface area (Å²) in [6.45, 7) is 5.12. The van der Waals surface area contributed by atoms with E-state index in [0.29, 0.717) is 0 Å². The van der Waals surface area contributed by atoms with E-state index in [1.165, 1.54) is 5.69 Å². The van der Waals surface area contributed by atoms with Crippen LogP contribution in [0.1, 0.15) is 20.3 Å². The third kappa shape index (κ3) is 3.79. The van der Waals surface area contributed by atoms with Gasteiger partial charge in [-0.1, -0.05) is 18.2 Å². The maximum atomic E-state index is 5.94. The molecule has 0 unspecified atom stereocenters. The van der Waals surface area contributed by atoms with Crippen molar-refractivity contribution in [2.75, 3.05) is 18.5 Å². The van der Waals surface area contributed by atoms with Crippen LogP contribution in [-0.2, 0) is 0 Å². The minimum absolute atomic E-state index is 0.0803. The van der Waals surface area contributed by atoms with Crippen LogP contribution in [0.5, 0.6) is 0 Å². The number of nitrogens with zero attached hydrogens (tertiary/aromatic N) is 1. The Labute approximate surface area is 86.7 Å². The third-order valence-corrected chi connectivity index (χ3v) is 2.29. The van der Waals surface area contributed by atoms with E-state index in [1.807, 2.05) is 6.07 Å². The normalized spacial score (nSPS) is 11.4. The number of hydrogen-bond donors (Lipinski definition) is 1. The van der Waals surface area contributed by atoms with Crippen LogP contribution in [0.2, 0.25) is 0 Å². The molecular weight excluding hydrogens is 172 g/mol. The highest BCUT2D eigenvalue weighted by atomic mass is 15.1. The van der Waals surface area contributed by atoms with Gasteiger partial charge in [-0.15, -0.1) is 0 Å². The summed E-state index contributed by atoms with van der Waals surface area (Å²) in [7, 11) is 2.10. The second kappa shape index (κ2) is 4.47. The van der Waals surface area contributed by atoms with Crippen LogP contribution in [0.3, 0.4) is 0 Å². The molecular formula is C12H20N2. The molecule has 2 heteroatoms. The van der Waals surface area contributed by atoms with Crippen molar-refractivity contribution in [3.63, 3.8) is 0 Å². The topological polar surface area (TPSA) is 29.3 Å². The molecule has 0 aliphatic heterocycles. The van der Waals surface area contributed by atoms with Gasteiger partial charge in [-0.05, 0) is 32.4 Å². The molecule has 1 rings (SSSR count). The van der Waals surface area contributed by atoms with E-state index in [4.69, 9.17) is 5.73 Å². The van der Waals surface area contributed by atoms with Crippen LogP contribution in [0.15, 0.2) is 30.3 Å². The van der Waals surface area contributed by atoms with E-state index in [9.17, 15) is 0 Å². The lowest BCUT2D eigenvalue weighted by Crippen LogP contribution is -2.36. The van der Waals surface area contributed by atoms with Gasteiger partial charge in [0, 0.05) is 24.8 Å². The van der Waals surface area contributed by atoms with Crippen LogP contribution in [-0.4, -0.2) is 19.1 Å². The number of nitrogens with two attached hydrogens (primary N) is 1. The van der Waals surface area contributed by atoms with Gasteiger partial charge in [0.05, 0.1) is 0 Å². The van der Waals surface area contributed by atoms with Crippen molar-refractivity contribution < 1.29 is 0 Å². The summed E-state index contributed by atoms with van der Waals surface area (Å²) in [4.78, 5) is 2.23. The molecule has 0 saturated carbocycles. The van der Waals surface area contributed by atoms with Gasteiger partial charge in [0.25, 0.3) is 0 Å². The first kappa shape index (κ1) is 11.1. The Morgan fingerprint density at radius 1 is 1.21 bits per heavy atom. The zero-order valence-electron chi connectivity index (χ0n) is 9.33. The lowest BCUT2D eigenvalue weighted by Gasteiger charge is -2.25. The molecule has 0 spiro atoms. The van der Waals surface area contributed by atoms with E-state index in [1.54, 1.807) is 0 Å². The Kier molecular flexibility index (Phi) is 3.53. The van der Waals surface area contributed by atoms with Gasteiger partial charge in [0.15, 0.2) is 0 Å². The zero-order valence-corrected chi connectivity index (χ0v) is 9.33. The molecule has 0 saturated heterocycles. The number of para-hydroxylation sites is 1. The van der Waals surface area contributed by atoms with Crippen LogP contribution in [0.25, 0.3) is 0 Å². The fourth-order valence-electron chi connectivity index (χ4n) is 1.27. The highest BCUT2D eigenvalue weighted by molar-refractivity contribution is 5.44. The van der Waals surface area contributed by atoms with E-state index < -0.39 is 0 Å². The highest BCUT2D eigenvalue weighted by Crippen LogP contribution is 2.13. The van der Waals surface area contributed by atoms with E-state index in [2.05, 4.69) is 50.1 Å². The highest BCUT2D eigenvalue weighted by Gasteiger charge is 2.11. The summed E-state index contributed by atoms with van der Waals surface area (Å²) >= 11 is 0. The molecule has 1 aromatic rings. The predicted octanol–water partition coefficient (Wildman–Crippen LogP) is 2.25. The Hall–Kier alpha value is -1.02. The monoisotopic (exact) mass is 192 g/mol. The predicted molar refractivity (Wildman–Crippen MR) is 62.6 cm³/mol.